The SMILES string of the molecule is CC[C@]1(C(=O)OC)C[C@H]1C(=O)O. The van der Waals surface area contributed by atoms with Crippen LogP contribution in [0.5, 0.6) is 0 Å². The topological polar surface area (TPSA) is 63.6 Å². The smallest absolute Gasteiger partial charge is 0.312 e. The molecule has 4 heteroatoms. The summed E-state index contributed by atoms with van der Waals surface area (Å²) in [5.41, 5.74) is -0.722. The second kappa shape index (κ2) is 2.77. The van der Waals surface area contributed by atoms with E-state index in [1.807, 2.05) is 0 Å². The van der Waals surface area contributed by atoms with Gasteiger partial charge in [0.15, 0.2) is 0 Å². The number of aliphatic carboxylic acids is 1. The average Bonchev–Trinajstić information content (AvgIpc) is 2.79. The fourth-order valence-electron chi connectivity index (χ4n) is 1.59. The lowest BCUT2D eigenvalue weighted by molar-refractivity contribution is -0.151. The van der Waals surface area contributed by atoms with E-state index in [0.717, 1.165) is 0 Å². The molecule has 0 amide bonds. The minimum Gasteiger partial charge on any atom is -0.481 e. The van der Waals surface area contributed by atoms with Crippen LogP contribution in [0, 0.1) is 11.3 Å². The third-order valence-corrected chi connectivity index (χ3v) is 2.60. The Bertz CT molecular complexity index is 223. The minimum absolute atomic E-state index is 0.391. The molecule has 68 valence electrons. The van der Waals surface area contributed by atoms with Crippen molar-refractivity contribution < 1.29 is 19.4 Å². The van der Waals surface area contributed by atoms with Gasteiger partial charge in [0, 0.05) is 0 Å². The van der Waals surface area contributed by atoms with Gasteiger partial charge in [0.25, 0.3) is 0 Å². The van der Waals surface area contributed by atoms with Crippen molar-refractivity contribution >= 4 is 11.9 Å². The number of carbonyl (C=O) groups excluding carboxylic acids is 1. The maximum atomic E-state index is 11.2. The summed E-state index contributed by atoms with van der Waals surface area (Å²) in [6.45, 7) is 1.81. The van der Waals surface area contributed by atoms with Crippen molar-refractivity contribution in [3.8, 4) is 0 Å². The summed E-state index contributed by atoms with van der Waals surface area (Å²) < 4.78 is 4.55. The molecule has 0 aromatic heterocycles. The van der Waals surface area contributed by atoms with Crippen molar-refractivity contribution in [3.63, 3.8) is 0 Å². The van der Waals surface area contributed by atoms with E-state index in [2.05, 4.69) is 4.74 Å². The van der Waals surface area contributed by atoms with Crippen LogP contribution in [0.1, 0.15) is 19.8 Å². The van der Waals surface area contributed by atoms with Crippen molar-refractivity contribution in [3.05, 3.63) is 0 Å². The molecule has 0 spiro atoms. The number of carboxylic acid groups (broad SMARTS) is 1. The van der Waals surface area contributed by atoms with Gasteiger partial charge in [-0.05, 0) is 12.8 Å². The third kappa shape index (κ3) is 1.07. The number of methoxy groups -OCH3 is 1. The molecule has 1 aliphatic carbocycles. The van der Waals surface area contributed by atoms with E-state index < -0.39 is 23.3 Å². The lowest BCUT2D eigenvalue weighted by Crippen LogP contribution is -2.21. The van der Waals surface area contributed by atoms with Crippen LogP contribution in [-0.2, 0) is 14.3 Å². The van der Waals surface area contributed by atoms with Gasteiger partial charge in [-0.3, -0.25) is 9.59 Å². The molecule has 0 heterocycles. The van der Waals surface area contributed by atoms with Crippen LogP contribution in [0.15, 0.2) is 0 Å². The Kier molecular flexibility index (Phi) is 2.08. The number of esters is 1. The first kappa shape index (κ1) is 9.03. The number of carboxylic acids is 1. The Morgan fingerprint density at radius 1 is 1.67 bits per heavy atom. The fourth-order valence-corrected chi connectivity index (χ4v) is 1.59. The molecular weight excluding hydrogens is 160 g/mol. The summed E-state index contributed by atoms with van der Waals surface area (Å²) >= 11 is 0. The molecule has 0 aliphatic heterocycles. The van der Waals surface area contributed by atoms with Gasteiger partial charge in [-0.15, -0.1) is 0 Å². The molecule has 4 nitrogen and oxygen atoms in total. The summed E-state index contributed by atoms with van der Waals surface area (Å²) in [7, 11) is 1.29. The van der Waals surface area contributed by atoms with Crippen molar-refractivity contribution in [1.29, 1.82) is 0 Å². The van der Waals surface area contributed by atoms with Crippen LogP contribution in [0.25, 0.3) is 0 Å². The molecule has 1 saturated carbocycles. The fraction of sp³-hybridized carbons (Fsp3) is 0.750. The van der Waals surface area contributed by atoms with E-state index in [1.54, 1.807) is 6.92 Å². The lowest BCUT2D eigenvalue weighted by Gasteiger charge is -2.09. The predicted molar refractivity (Wildman–Crippen MR) is 40.5 cm³/mol. The molecule has 1 rings (SSSR count). The molecule has 1 fully saturated rings. The highest BCUT2D eigenvalue weighted by molar-refractivity contribution is 5.90. The molecule has 0 aromatic rings. The van der Waals surface area contributed by atoms with Crippen LogP contribution in [0.2, 0.25) is 0 Å². The Morgan fingerprint density at radius 3 is 2.50 bits per heavy atom. The van der Waals surface area contributed by atoms with Gasteiger partial charge in [-0.2, -0.15) is 0 Å². The monoisotopic (exact) mass is 172 g/mol. The second-order valence-corrected chi connectivity index (χ2v) is 3.10. The molecule has 0 saturated heterocycles. The molecule has 1 N–H and O–H groups in total. The average molecular weight is 172 g/mol. The zero-order valence-corrected chi connectivity index (χ0v) is 7.16. The summed E-state index contributed by atoms with van der Waals surface area (Å²) in [5.74, 6) is -1.82. The maximum Gasteiger partial charge on any atom is 0.312 e. The van der Waals surface area contributed by atoms with Gasteiger partial charge in [0.1, 0.15) is 0 Å². The lowest BCUT2D eigenvalue weighted by atomic mass is 10.0. The first-order valence-electron chi connectivity index (χ1n) is 3.89. The van der Waals surface area contributed by atoms with Crippen LogP contribution < -0.4 is 0 Å². The van der Waals surface area contributed by atoms with Crippen molar-refractivity contribution in [2.75, 3.05) is 7.11 Å². The van der Waals surface area contributed by atoms with Gasteiger partial charge < -0.3 is 9.84 Å². The summed E-state index contributed by atoms with van der Waals surface area (Å²) in [6.07, 6.45) is 0.960. The highest BCUT2D eigenvalue weighted by Crippen LogP contribution is 2.55. The zero-order chi connectivity index (χ0) is 9.35. The molecule has 0 aromatic carbocycles. The van der Waals surface area contributed by atoms with Crippen LogP contribution >= 0.6 is 0 Å². The van der Waals surface area contributed by atoms with E-state index in [9.17, 15) is 9.59 Å². The van der Waals surface area contributed by atoms with Crippen LogP contribution in [0.3, 0.4) is 0 Å². The van der Waals surface area contributed by atoms with E-state index in [4.69, 9.17) is 5.11 Å². The minimum atomic E-state index is -0.901. The van der Waals surface area contributed by atoms with Crippen molar-refractivity contribution in [2.24, 2.45) is 11.3 Å². The zero-order valence-electron chi connectivity index (χ0n) is 7.16. The van der Waals surface area contributed by atoms with Crippen molar-refractivity contribution in [1.82, 2.24) is 0 Å². The van der Waals surface area contributed by atoms with E-state index in [1.165, 1.54) is 7.11 Å². The number of rotatable bonds is 3. The van der Waals surface area contributed by atoms with Gasteiger partial charge >= 0.3 is 11.9 Å². The van der Waals surface area contributed by atoms with Crippen molar-refractivity contribution in [2.45, 2.75) is 19.8 Å². The molecule has 0 bridgehead atoms. The Labute approximate surface area is 70.5 Å². The van der Waals surface area contributed by atoms with Gasteiger partial charge in [-0.1, -0.05) is 6.92 Å². The van der Waals surface area contributed by atoms with E-state index in [-0.39, 0.29) is 0 Å². The largest absolute Gasteiger partial charge is 0.481 e. The van der Waals surface area contributed by atoms with E-state index in [0.29, 0.717) is 12.8 Å². The quantitative estimate of drug-likeness (QED) is 0.635. The van der Waals surface area contributed by atoms with Crippen LogP contribution in [-0.4, -0.2) is 24.2 Å². The number of hydrogen-bond donors (Lipinski definition) is 1. The molecular formula is C8H12O4. The number of ether oxygens (including phenoxy) is 1. The molecule has 2 atom stereocenters. The highest BCUT2D eigenvalue weighted by Gasteiger charge is 2.63. The summed E-state index contributed by atoms with van der Waals surface area (Å²) in [6, 6.07) is 0. The van der Waals surface area contributed by atoms with Gasteiger partial charge in [0.2, 0.25) is 0 Å². The Hall–Kier alpha value is -1.06. The maximum absolute atomic E-state index is 11.2. The van der Waals surface area contributed by atoms with E-state index >= 15 is 0 Å². The van der Waals surface area contributed by atoms with Gasteiger partial charge in [-0.25, -0.2) is 0 Å². The Balaban J connectivity index is 2.71. The highest BCUT2D eigenvalue weighted by atomic mass is 16.5. The molecule has 0 unspecified atom stereocenters. The first-order chi connectivity index (χ1) is 5.58. The first-order valence-corrected chi connectivity index (χ1v) is 3.89. The van der Waals surface area contributed by atoms with Crippen LogP contribution in [0.4, 0.5) is 0 Å². The summed E-state index contributed by atoms with van der Waals surface area (Å²) in [5, 5.41) is 8.66. The number of carbonyl (C=O) groups is 2. The standard InChI is InChI=1S/C8H12O4/c1-3-8(7(11)12-2)4-5(8)6(9)10/h5H,3-4H2,1-2H3,(H,9,10)/t5-,8-/m0/s1. The predicted octanol–water partition coefficient (Wildman–Crippen LogP) is 0.660. The summed E-state index contributed by atoms with van der Waals surface area (Å²) in [4.78, 5) is 21.7. The Morgan fingerprint density at radius 2 is 2.25 bits per heavy atom. The normalized spacial score (nSPS) is 32.7. The number of hydrogen-bond acceptors (Lipinski definition) is 3. The molecule has 1 aliphatic rings. The second-order valence-electron chi connectivity index (χ2n) is 3.10. The third-order valence-electron chi connectivity index (χ3n) is 2.60. The molecule has 0 radical (unpaired) electrons. The van der Waals surface area contributed by atoms with Gasteiger partial charge in [0.05, 0.1) is 18.4 Å². The molecule has 12 heavy (non-hydrogen) atoms.